The summed E-state index contributed by atoms with van der Waals surface area (Å²) in [6.07, 6.45) is 15.6. The third-order valence-electron chi connectivity index (χ3n) is 8.38. The Morgan fingerprint density at radius 3 is 2.23 bits per heavy atom. The van der Waals surface area contributed by atoms with E-state index in [1.54, 1.807) is 6.20 Å². The Kier molecular flexibility index (Phi) is 4.81. The fourth-order valence-corrected chi connectivity index (χ4v) is 7.43. The summed E-state index contributed by atoms with van der Waals surface area (Å²) in [6, 6.07) is 10.6. The van der Waals surface area contributed by atoms with Crippen LogP contribution in [0.1, 0.15) is 81.0 Å². The van der Waals surface area contributed by atoms with Gasteiger partial charge < -0.3 is 10.6 Å². The van der Waals surface area contributed by atoms with E-state index < -0.39 is 0 Å². The fraction of sp³-hybridized carbons (Fsp3) is 0.615. The van der Waals surface area contributed by atoms with Crippen LogP contribution >= 0.6 is 0 Å². The monoisotopic (exact) mass is 418 g/mol. The van der Waals surface area contributed by atoms with E-state index in [1.807, 2.05) is 22.9 Å². The van der Waals surface area contributed by atoms with Gasteiger partial charge in [-0.25, -0.2) is 4.68 Å². The number of nitrogens with zero attached hydrogens (tertiary/aromatic N) is 2. The lowest BCUT2D eigenvalue weighted by atomic mass is 9.53. The molecule has 0 saturated heterocycles. The van der Waals surface area contributed by atoms with Gasteiger partial charge in [0.05, 0.1) is 11.9 Å². The summed E-state index contributed by atoms with van der Waals surface area (Å²) in [4.78, 5) is 13.6. The largest absolute Gasteiger partial charge is 0.367 e. The molecule has 5 aliphatic rings. The number of amides is 1. The molecule has 5 nitrogen and oxygen atoms in total. The molecule has 1 heterocycles. The predicted molar refractivity (Wildman–Crippen MR) is 122 cm³/mol. The average Bonchev–Trinajstić information content (AvgIpc) is 3.17. The van der Waals surface area contributed by atoms with Crippen LogP contribution < -0.4 is 10.6 Å². The van der Waals surface area contributed by atoms with Crippen LogP contribution in [0.25, 0.3) is 5.69 Å². The summed E-state index contributed by atoms with van der Waals surface area (Å²) in [7, 11) is 0. The number of carbonyl (C=O) groups is 1. The Morgan fingerprint density at radius 2 is 1.58 bits per heavy atom. The van der Waals surface area contributed by atoms with E-state index >= 15 is 0 Å². The maximum Gasteiger partial charge on any atom is 0.257 e. The van der Waals surface area contributed by atoms with Crippen LogP contribution in [0.3, 0.4) is 0 Å². The Balaban J connectivity index is 1.29. The number of hydrogen-bond acceptors (Lipinski definition) is 3. The van der Waals surface area contributed by atoms with Gasteiger partial charge >= 0.3 is 0 Å². The van der Waals surface area contributed by atoms with Crippen molar-refractivity contribution in [2.75, 3.05) is 5.32 Å². The van der Waals surface area contributed by atoms with Crippen molar-refractivity contribution in [2.24, 2.45) is 17.8 Å². The summed E-state index contributed by atoms with van der Waals surface area (Å²) in [6.45, 7) is 0. The van der Waals surface area contributed by atoms with E-state index in [1.165, 1.54) is 57.8 Å². The molecule has 0 spiro atoms. The predicted octanol–water partition coefficient (Wildman–Crippen LogP) is 5.32. The standard InChI is InChI=1S/C26H34N4O/c31-25(29-26-14-18-11-19(15-26)13-20(12-18)16-26)23-17-27-30(22-9-5-2-6-10-22)24(23)28-21-7-3-1-4-8-21/h2,5-6,9-10,17-21,28H,1,3-4,7-8,11-16H2,(H,29,31). The van der Waals surface area contributed by atoms with Crippen LogP contribution in [0.4, 0.5) is 5.82 Å². The molecule has 0 atom stereocenters. The molecular formula is C26H34N4O. The molecule has 1 aromatic carbocycles. The van der Waals surface area contributed by atoms with Crippen LogP contribution in [0.5, 0.6) is 0 Å². The fourth-order valence-electron chi connectivity index (χ4n) is 7.43. The zero-order valence-electron chi connectivity index (χ0n) is 18.4. The molecule has 4 bridgehead atoms. The molecule has 0 aliphatic heterocycles. The number of carbonyl (C=O) groups excluding carboxylic acids is 1. The van der Waals surface area contributed by atoms with Crippen LogP contribution in [-0.2, 0) is 0 Å². The lowest BCUT2D eigenvalue weighted by Crippen LogP contribution is -2.59. The summed E-state index contributed by atoms with van der Waals surface area (Å²) in [5.41, 5.74) is 1.71. The summed E-state index contributed by atoms with van der Waals surface area (Å²) >= 11 is 0. The number of rotatable bonds is 5. The number of nitrogens with one attached hydrogen (secondary N) is 2. The number of anilines is 1. The van der Waals surface area contributed by atoms with E-state index in [0.29, 0.717) is 11.6 Å². The highest BCUT2D eigenvalue weighted by Crippen LogP contribution is 2.55. The second kappa shape index (κ2) is 7.68. The van der Waals surface area contributed by atoms with Crippen molar-refractivity contribution in [3.05, 3.63) is 42.1 Å². The number of aromatic nitrogens is 2. The average molecular weight is 419 g/mol. The van der Waals surface area contributed by atoms with Gasteiger partial charge in [-0.1, -0.05) is 37.5 Å². The third kappa shape index (κ3) is 3.66. The summed E-state index contributed by atoms with van der Waals surface area (Å²) in [5.74, 6) is 3.37. The van der Waals surface area contributed by atoms with Gasteiger partial charge in [0.25, 0.3) is 5.91 Å². The SMILES string of the molecule is O=C(NC12CC3CC(CC(C3)C1)C2)c1cnn(-c2ccccc2)c1NC1CCCCC1. The van der Waals surface area contributed by atoms with Crippen molar-refractivity contribution in [3.63, 3.8) is 0 Å². The van der Waals surface area contributed by atoms with E-state index in [2.05, 4.69) is 27.9 Å². The first-order chi connectivity index (χ1) is 15.2. The number of hydrogen-bond donors (Lipinski definition) is 2. The minimum atomic E-state index is 0.0167. The highest BCUT2D eigenvalue weighted by Gasteiger charge is 2.51. The van der Waals surface area contributed by atoms with Crippen LogP contribution in [0.15, 0.2) is 36.5 Å². The topological polar surface area (TPSA) is 59.0 Å². The molecule has 31 heavy (non-hydrogen) atoms. The van der Waals surface area contributed by atoms with E-state index in [4.69, 9.17) is 0 Å². The second-order valence-corrected chi connectivity index (χ2v) is 10.8. The molecule has 164 valence electrons. The van der Waals surface area contributed by atoms with Crippen LogP contribution in [-0.4, -0.2) is 27.3 Å². The highest BCUT2D eigenvalue weighted by atomic mass is 16.1. The normalized spacial score (nSPS) is 32.2. The molecule has 5 aliphatic carbocycles. The molecule has 1 amide bonds. The van der Waals surface area contributed by atoms with Gasteiger partial charge in [-0.05, 0) is 81.3 Å². The van der Waals surface area contributed by atoms with Gasteiger partial charge in [-0.2, -0.15) is 5.10 Å². The van der Waals surface area contributed by atoms with Crippen LogP contribution in [0, 0.1) is 17.8 Å². The number of benzene rings is 1. The Bertz CT molecular complexity index is 908. The molecule has 5 saturated carbocycles. The van der Waals surface area contributed by atoms with Gasteiger partial charge in [0.2, 0.25) is 0 Å². The molecule has 0 radical (unpaired) electrons. The Hall–Kier alpha value is -2.30. The van der Waals surface area contributed by atoms with Gasteiger partial charge in [0.15, 0.2) is 0 Å². The maximum atomic E-state index is 13.6. The molecule has 5 heteroatoms. The first-order valence-corrected chi connectivity index (χ1v) is 12.4. The quantitative estimate of drug-likeness (QED) is 0.691. The van der Waals surface area contributed by atoms with Crippen molar-refractivity contribution < 1.29 is 4.79 Å². The van der Waals surface area contributed by atoms with Gasteiger partial charge in [-0.3, -0.25) is 4.79 Å². The summed E-state index contributed by atoms with van der Waals surface area (Å²) in [5, 5.41) is 11.9. The van der Waals surface area contributed by atoms with Crippen molar-refractivity contribution in [3.8, 4) is 5.69 Å². The molecular weight excluding hydrogens is 384 g/mol. The minimum Gasteiger partial charge on any atom is -0.367 e. The van der Waals surface area contributed by atoms with E-state index in [0.717, 1.165) is 42.1 Å². The molecule has 2 N–H and O–H groups in total. The Morgan fingerprint density at radius 1 is 0.935 bits per heavy atom. The lowest BCUT2D eigenvalue weighted by Gasteiger charge is -2.56. The van der Waals surface area contributed by atoms with Gasteiger partial charge in [-0.15, -0.1) is 0 Å². The molecule has 2 aromatic rings. The van der Waals surface area contributed by atoms with E-state index in [-0.39, 0.29) is 11.4 Å². The van der Waals surface area contributed by atoms with Crippen molar-refractivity contribution in [1.82, 2.24) is 15.1 Å². The Labute approximate surface area is 185 Å². The summed E-state index contributed by atoms with van der Waals surface area (Å²) < 4.78 is 1.92. The maximum absolute atomic E-state index is 13.6. The van der Waals surface area contributed by atoms with E-state index in [9.17, 15) is 4.79 Å². The van der Waals surface area contributed by atoms with Gasteiger partial charge in [0, 0.05) is 11.6 Å². The molecule has 1 aromatic heterocycles. The zero-order valence-corrected chi connectivity index (χ0v) is 18.4. The second-order valence-electron chi connectivity index (χ2n) is 10.8. The third-order valence-corrected chi connectivity index (χ3v) is 8.38. The minimum absolute atomic E-state index is 0.0167. The smallest absolute Gasteiger partial charge is 0.257 e. The first kappa shape index (κ1) is 19.4. The van der Waals surface area contributed by atoms with Gasteiger partial charge in [0.1, 0.15) is 11.4 Å². The van der Waals surface area contributed by atoms with Crippen molar-refractivity contribution in [2.45, 2.75) is 82.2 Å². The molecule has 0 unspecified atom stereocenters. The zero-order chi connectivity index (χ0) is 20.8. The highest BCUT2D eigenvalue weighted by molar-refractivity contribution is 5.99. The lowest BCUT2D eigenvalue weighted by molar-refractivity contribution is -0.0166. The molecule has 5 fully saturated rings. The number of para-hydroxylation sites is 1. The molecule has 7 rings (SSSR count). The van der Waals surface area contributed by atoms with Crippen molar-refractivity contribution >= 4 is 11.7 Å². The van der Waals surface area contributed by atoms with Crippen LogP contribution in [0.2, 0.25) is 0 Å². The van der Waals surface area contributed by atoms with Crippen molar-refractivity contribution in [1.29, 1.82) is 0 Å². The first-order valence-electron chi connectivity index (χ1n) is 12.4.